The largest absolute Gasteiger partial charge is 0.478 e. The Morgan fingerprint density at radius 3 is 1.94 bits per heavy atom. The van der Waals surface area contributed by atoms with E-state index in [4.69, 9.17) is 9.84 Å². The number of allylic oxidation sites excluding steroid dienone is 2. The quantitative estimate of drug-likeness (QED) is 0.399. The molecule has 0 bridgehead atoms. The van der Waals surface area contributed by atoms with E-state index in [0.29, 0.717) is 0 Å². The monoisotopic (exact) mass is 236 g/mol. The summed E-state index contributed by atoms with van der Waals surface area (Å²) in [5, 5.41) is 9.01. The lowest BCUT2D eigenvalue weighted by molar-refractivity contribution is -0.139. The van der Waals surface area contributed by atoms with Crippen LogP contribution in [0.25, 0.3) is 0 Å². The lowest BCUT2D eigenvalue weighted by Gasteiger charge is -2.08. The van der Waals surface area contributed by atoms with Gasteiger partial charge in [0.2, 0.25) is 0 Å². The molecule has 1 N–H and O–H groups in total. The Morgan fingerprint density at radius 1 is 1.00 bits per heavy atom. The molecular formula is C13H16O4. The molecule has 0 rings (SSSR count). The smallest absolute Gasteiger partial charge is 0.335 e. The van der Waals surface area contributed by atoms with Gasteiger partial charge in [-0.25, -0.2) is 9.59 Å². The lowest BCUT2D eigenvalue weighted by atomic mass is 10.0. The zero-order valence-corrected chi connectivity index (χ0v) is 9.65. The highest BCUT2D eigenvalue weighted by Gasteiger charge is 2.19. The van der Waals surface area contributed by atoms with Crippen LogP contribution in [-0.4, -0.2) is 23.7 Å². The van der Waals surface area contributed by atoms with Crippen molar-refractivity contribution in [1.29, 1.82) is 0 Å². The van der Waals surface area contributed by atoms with E-state index in [1.807, 2.05) is 0 Å². The first-order chi connectivity index (χ1) is 8.08. The van der Waals surface area contributed by atoms with Gasteiger partial charge < -0.3 is 9.84 Å². The van der Waals surface area contributed by atoms with Crippen LogP contribution in [0.1, 0.15) is 12.8 Å². The van der Waals surface area contributed by atoms with Crippen LogP contribution in [0.2, 0.25) is 0 Å². The molecule has 0 heterocycles. The molecule has 4 heteroatoms. The van der Waals surface area contributed by atoms with Gasteiger partial charge in [0.25, 0.3) is 0 Å². The maximum Gasteiger partial charge on any atom is 0.335 e. The molecule has 0 amide bonds. The van der Waals surface area contributed by atoms with Gasteiger partial charge in [0.05, 0.1) is 11.1 Å². The number of carboxylic acid groups (broad SMARTS) is 1. The Labute approximate surface area is 101 Å². The van der Waals surface area contributed by atoms with Crippen molar-refractivity contribution in [3.8, 4) is 0 Å². The average molecular weight is 236 g/mol. The molecule has 0 atom stereocenters. The van der Waals surface area contributed by atoms with Gasteiger partial charge in [0, 0.05) is 0 Å². The maximum atomic E-state index is 11.6. The molecule has 4 nitrogen and oxygen atoms in total. The van der Waals surface area contributed by atoms with Gasteiger partial charge in [0.15, 0.2) is 0 Å². The summed E-state index contributed by atoms with van der Waals surface area (Å²) in [6.45, 7) is 10.4. The molecule has 17 heavy (non-hydrogen) atoms. The molecule has 0 aromatic rings. The predicted molar refractivity (Wildman–Crippen MR) is 65.4 cm³/mol. The summed E-state index contributed by atoms with van der Waals surface area (Å²) >= 11 is 0. The summed E-state index contributed by atoms with van der Waals surface area (Å²) in [4.78, 5) is 22.7. The molecule has 0 aliphatic rings. The van der Waals surface area contributed by atoms with Crippen LogP contribution in [0, 0.1) is 0 Å². The van der Waals surface area contributed by atoms with E-state index in [1.54, 1.807) is 0 Å². The Kier molecular flexibility index (Phi) is 7.10. The van der Waals surface area contributed by atoms with E-state index in [9.17, 15) is 9.59 Å². The van der Waals surface area contributed by atoms with E-state index in [-0.39, 0.29) is 30.6 Å². The zero-order valence-electron chi connectivity index (χ0n) is 9.65. The highest BCUT2D eigenvalue weighted by atomic mass is 16.5. The normalized spacial score (nSPS) is 11.1. The van der Waals surface area contributed by atoms with Crippen LogP contribution < -0.4 is 0 Å². The molecule has 0 aliphatic carbocycles. The van der Waals surface area contributed by atoms with Crippen molar-refractivity contribution in [2.75, 3.05) is 6.61 Å². The van der Waals surface area contributed by atoms with Gasteiger partial charge in [-0.05, 0) is 12.8 Å². The number of carboxylic acids is 1. The van der Waals surface area contributed by atoms with Crippen LogP contribution in [0.15, 0.2) is 49.1 Å². The number of ether oxygens (including phenoxy) is 1. The number of carbonyl (C=O) groups is 2. The van der Waals surface area contributed by atoms with E-state index >= 15 is 0 Å². The Balaban J connectivity index is 5.23. The number of hydrogen-bond donors (Lipinski definition) is 1. The van der Waals surface area contributed by atoms with E-state index in [2.05, 4.69) is 19.7 Å². The Bertz CT molecular complexity index is 364. The molecular weight excluding hydrogens is 220 g/mol. The predicted octanol–water partition coefficient (Wildman–Crippen LogP) is 2.25. The summed E-state index contributed by atoms with van der Waals surface area (Å²) < 4.78 is 4.82. The van der Waals surface area contributed by atoms with Crippen molar-refractivity contribution in [2.24, 2.45) is 0 Å². The minimum absolute atomic E-state index is 0.0195. The SMILES string of the molecule is C=CCOC(=O)/C(CC=C)=C(\CC=C)C(=O)O. The number of carbonyl (C=O) groups excluding carboxylic acids is 1. The zero-order chi connectivity index (χ0) is 13.3. The van der Waals surface area contributed by atoms with Crippen LogP contribution in [0.5, 0.6) is 0 Å². The van der Waals surface area contributed by atoms with Gasteiger partial charge in [-0.3, -0.25) is 0 Å². The first-order valence-electron chi connectivity index (χ1n) is 5.03. The second kappa shape index (κ2) is 8.10. The second-order valence-electron chi connectivity index (χ2n) is 3.13. The number of hydrogen-bond acceptors (Lipinski definition) is 3. The topological polar surface area (TPSA) is 63.6 Å². The van der Waals surface area contributed by atoms with Gasteiger partial charge >= 0.3 is 11.9 Å². The Hall–Kier alpha value is -2.10. The second-order valence-corrected chi connectivity index (χ2v) is 3.13. The molecule has 0 radical (unpaired) electrons. The summed E-state index contributed by atoms with van der Waals surface area (Å²) in [5.74, 6) is -1.82. The van der Waals surface area contributed by atoms with Gasteiger partial charge in [-0.2, -0.15) is 0 Å². The Morgan fingerprint density at radius 2 is 1.53 bits per heavy atom. The maximum absolute atomic E-state index is 11.6. The fourth-order valence-corrected chi connectivity index (χ4v) is 1.18. The number of aliphatic carboxylic acids is 1. The molecule has 0 unspecified atom stereocenters. The summed E-state index contributed by atoms with van der Waals surface area (Å²) in [5.41, 5.74) is 0.0724. The van der Waals surface area contributed by atoms with Crippen molar-refractivity contribution in [1.82, 2.24) is 0 Å². The third-order valence-electron chi connectivity index (χ3n) is 1.90. The first-order valence-corrected chi connectivity index (χ1v) is 5.03. The summed E-state index contributed by atoms with van der Waals surface area (Å²) in [6, 6.07) is 0. The van der Waals surface area contributed by atoms with Crippen molar-refractivity contribution in [2.45, 2.75) is 12.8 Å². The van der Waals surface area contributed by atoms with Crippen LogP contribution >= 0.6 is 0 Å². The number of rotatable bonds is 8. The molecule has 0 spiro atoms. The molecule has 0 aliphatic heterocycles. The number of esters is 1. The third kappa shape index (κ3) is 4.97. The standard InChI is InChI=1S/C13H16O4/c1-4-7-10(12(14)15)11(8-5-2)13(16)17-9-6-3/h4-6H,1-3,7-9H2,(H,14,15)/b11-10+. The molecule has 0 saturated heterocycles. The van der Waals surface area contributed by atoms with Crippen molar-refractivity contribution < 1.29 is 19.4 Å². The minimum atomic E-state index is -1.16. The van der Waals surface area contributed by atoms with Gasteiger partial charge in [-0.15, -0.1) is 13.2 Å². The molecule has 92 valence electrons. The summed E-state index contributed by atoms with van der Waals surface area (Å²) in [6.07, 6.45) is 4.54. The van der Waals surface area contributed by atoms with Crippen LogP contribution in [-0.2, 0) is 14.3 Å². The van der Waals surface area contributed by atoms with Crippen molar-refractivity contribution >= 4 is 11.9 Å². The van der Waals surface area contributed by atoms with E-state index in [0.717, 1.165) is 0 Å². The average Bonchev–Trinajstić information content (AvgIpc) is 2.30. The lowest BCUT2D eigenvalue weighted by Crippen LogP contribution is -2.14. The molecule has 0 aromatic carbocycles. The highest BCUT2D eigenvalue weighted by Crippen LogP contribution is 2.16. The molecule has 0 fully saturated rings. The van der Waals surface area contributed by atoms with E-state index in [1.165, 1.54) is 18.2 Å². The summed E-state index contributed by atoms with van der Waals surface area (Å²) in [7, 11) is 0. The minimum Gasteiger partial charge on any atom is -0.478 e. The van der Waals surface area contributed by atoms with Gasteiger partial charge in [-0.1, -0.05) is 24.8 Å². The fourth-order valence-electron chi connectivity index (χ4n) is 1.18. The van der Waals surface area contributed by atoms with E-state index < -0.39 is 11.9 Å². The molecule has 0 saturated carbocycles. The highest BCUT2D eigenvalue weighted by molar-refractivity contribution is 6.00. The van der Waals surface area contributed by atoms with Crippen LogP contribution in [0.4, 0.5) is 0 Å². The molecule has 0 aromatic heterocycles. The van der Waals surface area contributed by atoms with Crippen molar-refractivity contribution in [3.05, 3.63) is 49.1 Å². The van der Waals surface area contributed by atoms with Gasteiger partial charge in [0.1, 0.15) is 6.61 Å². The third-order valence-corrected chi connectivity index (χ3v) is 1.90. The first kappa shape index (κ1) is 14.9. The van der Waals surface area contributed by atoms with Crippen LogP contribution in [0.3, 0.4) is 0 Å². The van der Waals surface area contributed by atoms with Crippen molar-refractivity contribution in [3.63, 3.8) is 0 Å². The fraction of sp³-hybridized carbons (Fsp3) is 0.231.